The van der Waals surface area contributed by atoms with Gasteiger partial charge in [0.25, 0.3) is 0 Å². The lowest BCUT2D eigenvalue weighted by Gasteiger charge is -2.05. The predicted molar refractivity (Wildman–Crippen MR) is 61.1 cm³/mol. The number of hydrogen-bond donors (Lipinski definition) is 1. The normalized spacial score (nSPS) is 10.5. The van der Waals surface area contributed by atoms with Gasteiger partial charge in [0.1, 0.15) is 23.2 Å². The maximum atomic E-state index is 13.3. The minimum absolute atomic E-state index is 0.0523. The Hall–Kier alpha value is -1.85. The minimum atomic E-state index is -1.02. The van der Waals surface area contributed by atoms with E-state index < -0.39 is 23.4 Å². The van der Waals surface area contributed by atoms with E-state index in [2.05, 4.69) is 0 Å². The van der Waals surface area contributed by atoms with Crippen LogP contribution >= 0.6 is 0 Å². The maximum Gasteiger partial charge on any atom is 0.303 e. The first kappa shape index (κ1) is 15.2. The van der Waals surface area contributed by atoms with Crippen molar-refractivity contribution in [1.29, 1.82) is 0 Å². The van der Waals surface area contributed by atoms with Gasteiger partial charge in [-0.05, 0) is 12.8 Å². The van der Waals surface area contributed by atoms with E-state index >= 15 is 0 Å². The molecular weight excluding hydrogens is 261 g/mol. The van der Waals surface area contributed by atoms with Gasteiger partial charge in [-0.3, -0.25) is 9.59 Å². The zero-order chi connectivity index (χ0) is 14.4. The summed E-state index contributed by atoms with van der Waals surface area (Å²) in [5.41, 5.74) is -0.326. The van der Waals surface area contributed by atoms with Crippen molar-refractivity contribution in [3.63, 3.8) is 0 Å². The molecule has 0 bridgehead atoms. The molecule has 104 valence electrons. The molecule has 0 aliphatic rings. The van der Waals surface area contributed by atoms with Crippen LogP contribution in [0, 0.1) is 17.5 Å². The van der Waals surface area contributed by atoms with Crippen molar-refractivity contribution in [3.8, 4) is 0 Å². The van der Waals surface area contributed by atoms with Crippen molar-refractivity contribution in [2.75, 3.05) is 0 Å². The highest BCUT2D eigenvalue weighted by Gasteiger charge is 2.13. The fourth-order valence-electron chi connectivity index (χ4n) is 1.64. The van der Waals surface area contributed by atoms with E-state index in [9.17, 15) is 22.8 Å². The van der Waals surface area contributed by atoms with E-state index in [0.29, 0.717) is 12.1 Å². The lowest BCUT2D eigenvalue weighted by Crippen LogP contribution is -2.05. The van der Waals surface area contributed by atoms with Gasteiger partial charge in [-0.1, -0.05) is 0 Å². The molecule has 3 nitrogen and oxygen atoms in total. The summed E-state index contributed by atoms with van der Waals surface area (Å²) < 4.78 is 39.1. The largest absolute Gasteiger partial charge is 0.481 e. The average molecular weight is 274 g/mol. The highest BCUT2D eigenvalue weighted by molar-refractivity contribution is 5.79. The monoisotopic (exact) mass is 274 g/mol. The number of benzene rings is 1. The zero-order valence-corrected chi connectivity index (χ0v) is 10.1. The molecule has 0 aromatic heterocycles. The molecule has 0 saturated heterocycles. The van der Waals surface area contributed by atoms with E-state index in [1.807, 2.05) is 0 Å². The highest BCUT2D eigenvalue weighted by atomic mass is 19.1. The van der Waals surface area contributed by atoms with Gasteiger partial charge in [0, 0.05) is 37.0 Å². The first-order valence-corrected chi connectivity index (χ1v) is 5.77. The Bertz CT molecular complexity index is 463. The van der Waals surface area contributed by atoms with Crippen molar-refractivity contribution >= 4 is 11.8 Å². The van der Waals surface area contributed by atoms with Crippen LogP contribution in [0.2, 0.25) is 0 Å². The van der Waals surface area contributed by atoms with Crippen molar-refractivity contribution in [2.45, 2.75) is 32.1 Å². The van der Waals surface area contributed by atoms with Gasteiger partial charge in [0.15, 0.2) is 0 Å². The Morgan fingerprint density at radius 3 is 2.11 bits per heavy atom. The van der Waals surface area contributed by atoms with Gasteiger partial charge in [-0.25, -0.2) is 13.2 Å². The first-order chi connectivity index (χ1) is 8.90. The third kappa shape index (κ3) is 5.11. The van der Waals surface area contributed by atoms with Gasteiger partial charge in [0.05, 0.1) is 0 Å². The number of halogens is 3. The standard InChI is InChI=1S/C13H13F3O3/c14-8-6-11(15)10(12(16)7-8)5-4-9(17)2-1-3-13(18)19/h6-7H,1-5H2,(H,18,19). The molecule has 19 heavy (non-hydrogen) atoms. The Labute approximate surface area is 108 Å². The lowest BCUT2D eigenvalue weighted by molar-refractivity contribution is -0.137. The molecule has 0 aliphatic heterocycles. The summed E-state index contributed by atoms with van der Waals surface area (Å²) in [4.78, 5) is 21.6. The van der Waals surface area contributed by atoms with Gasteiger partial charge < -0.3 is 5.11 Å². The van der Waals surface area contributed by atoms with E-state index in [0.717, 1.165) is 0 Å². The summed E-state index contributed by atoms with van der Waals surface area (Å²) in [6.45, 7) is 0. The fraction of sp³-hybridized carbons (Fsp3) is 0.385. The molecule has 0 atom stereocenters. The van der Waals surface area contributed by atoms with Crippen molar-refractivity contribution in [3.05, 3.63) is 35.1 Å². The Morgan fingerprint density at radius 2 is 1.58 bits per heavy atom. The molecule has 0 aliphatic carbocycles. The number of rotatable bonds is 7. The summed E-state index contributed by atoms with van der Waals surface area (Å²) in [5, 5.41) is 8.39. The predicted octanol–water partition coefficient (Wildman–Crippen LogP) is 2.86. The molecule has 0 unspecified atom stereocenters. The number of aliphatic carboxylic acids is 1. The van der Waals surface area contributed by atoms with Crippen molar-refractivity contribution in [2.24, 2.45) is 0 Å². The number of carbonyl (C=O) groups excluding carboxylic acids is 1. The molecule has 1 N–H and O–H groups in total. The second kappa shape index (κ2) is 6.92. The average Bonchev–Trinajstić information content (AvgIpc) is 2.26. The van der Waals surface area contributed by atoms with Crippen LogP contribution in [0.3, 0.4) is 0 Å². The molecule has 0 spiro atoms. The van der Waals surface area contributed by atoms with Crippen LogP contribution in [0.4, 0.5) is 13.2 Å². The number of Topliss-reactive ketones (excluding diaryl/α,β-unsaturated/α-hetero) is 1. The smallest absolute Gasteiger partial charge is 0.303 e. The number of hydrogen-bond acceptors (Lipinski definition) is 2. The summed E-state index contributed by atoms with van der Waals surface area (Å²) in [7, 11) is 0. The van der Waals surface area contributed by atoms with Crippen LogP contribution in [0.15, 0.2) is 12.1 Å². The third-order valence-corrected chi connectivity index (χ3v) is 2.61. The maximum absolute atomic E-state index is 13.3. The second-order valence-corrected chi connectivity index (χ2v) is 4.13. The molecule has 0 saturated carbocycles. The van der Waals surface area contributed by atoms with Crippen LogP contribution in [0.25, 0.3) is 0 Å². The van der Waals surface area contributed by atoms with Crippen molar-refractivity contribution in [1.82, 2.24) is 0 Å². The van der Waals surface area contributed by atoms with E-state index in [-0.39, 0.29) is 43.5 Å². The van der Waals surface area contributed by atoms with Gasteiger partial charge >= 0.3 is 5.97 Å². The quantitative estimate of drug-likeness (QED) is 0.831. The molecule has 1 aromatic rings. The number of carboxylic acids is 1. The number of carboxylic acid groups (broad SMARTS) is 1. The van der Waals surface area contributed by atoms with Crippen LogP contribution in [0.1, 0.15) is 31.2 Å². The summed E-state index contributed by atoms with van der Waals surface area (Å²) in [6.07, 6.45) is -0.132. The number of ketones is 1. The third-order valence-electron chi connectivity index (χ3n) is 2.61. The number of carbonyl (C=O) groups is 2. The van der Waals surface area contributed by atoms with Gasteiger partial charge in [-0.15, -0.1) is 0 Å². The Kier molecular flexibility index (Phi) is 5.54. The van der Waals surface area contributed by atoms with Gasteiger partial charge in [-0.2, -0.15) is 0 Å². The SMILES string of the molecule is O=C(O)CCCC(=O)CCc1c(F)cc(F)cc1F. The fourth-order valence-corrected chi connectivity index (χ4v) is 1.64. The van der Waals surface area contributed by atoms with Crippen molar-refractivity contribution < 1.29 is 27.9 Å². The second-order valence-electron chi connectivity index (χ2n) is 4.13. The first-order valence-electron chi connectivity index (χ1n) is 5.77. The molecule has 0 fully saturated rings. The molecule has 0 radical (unpaired) electrons. The zero-order valence-electron chi connectivity index (χ0n) is 10.1. The molecule has 1 rings (SSSR count). The molecule has 0 heterocycles. The Balaban J connectivity index is 2.48. The van der Waals surface area contributed by atoms with E-state index in [1.54, 1.807) is 0 Å². The Morgan fingerprint density at radius 1 is 1.00 bits per heavy atom. The molecular formula is C13H13F3O3. The topological polar surface area (TPSA) is 54.4 Å². The molecule has 6 heteroatoms. The lowest BCUT2D eigenvalue weighted by atomic mass is 10.0. The van der Waals surface area contributed by atoms with Crippen LogP contribution in [0.5, 0.6) is 0 Å². The minimum Gasteiger partial charge on any atom is -0.481 e. The van der Waals surface area contributed by atoms with E-state index in [4.69, 9.17) is 5.11 Å². The van der Waals surface area contributed by atoms with Crippen LogP contribution in [-0.2, 0) is 16.0 Å². The summed E-state index contributed by atoms with van der Waals surface area (Å²) in [5.74, 6) is -4.31. The summed E-state index contributed by atoms with van der Waals surface area (Å²) in [6, 6.07) is 1.13. The van der Waals surface area contributed by atoms with Gasteiger partial charge in [0.2, 0.25) is 0 Å². The van der Waals surface area contributed by atoms with E-state index in [1.165, 1.54) is 0 Å². The molecule has 0 amide bonds. The van der Waals surface area contributed by atoms with Crippen LogP contribution < -0.4 is 0 Å². The molecule has 1 aromatic carbocycles. The summed E-state index contributed by atoms with van der Waals surface area (Å²) >= 11 is 0. The highest BCUT2D eigenvalue weighted by Crippen LogP contribution is 2.17. The van der Waals surface area contributed by atoms with Crippen LogP contribution in [-0.4, -0.2) is 16.9 Å².